The molecule has 2 nitrogen and oxygen atoms in total. The van der Waals surface area contributed by atoms with Crippen molar-refractivity contribution in [2.45, 2.75) is 0 Å². The number of benzene rings is 2. The molecule has 0 spiro atoms. The van der Waals surface area contributed by atoms with Crippen molar-refractivity contribution in [2.24, 2.45) is 4.26 Å². The molecule has 0 aliphatic carbocycles. The summed E-state index contributed by atoms with van der Waals surface area (Å²) in [4.78, 5) is 11.7. The molecule has 0 heterocycles. The molecule has 0 aromatic heterocycles. The maximum Gasteiger partial charge on any atom is 0.226 e. The third-order valence-corrected chi connectivity index (χ3v) is 3.61. The lowest BCUT2D eigenvalue weighted by Gasteiger charge is -2.04. The van der Waals surface area contributed by atoms with Crippen molar-refractivity contribution in [3.63, 3.8) is 0 Å². The van der Waals surface area contributed by atoms with Gasteiger partial charge in [-0.2, -0.15) is 0 Å². The predicted octanol–water partition coefficient (Wildman–Crippen LogP) is 3.07. The molecule has 4 heteroatoms. The highest BCUT2D eigenvalue weighted by atomic mass is 35.5. The molecule has 0 N–H and O–H groups in total. The van der Waals surface area contributed by atoms with E-state index in [-0.39, 0.29) is 0 Å². The van der Waals surface area contributed by atoms with Gasteiger partial charge in [0.25, 0.3) is 0 Å². The maximum atomic E-state index is 11.7. The minimum absolute atomic E-state index is 0.665. The van der Waals surface area contributed by atoms with Gasteiger partial charge in [0.05, 0.1) is 11.8 Å². The summed E-state index contributed by atoms with van der Waals surface area (Å²) in [6.07, 6.45) is 0. The quantitative estimate of drug-likeness (QED) is 0.754. The highest BCUT2D eigenvalue weighted by Crippen LogP contribution is 2.25. The summed E-state index contributed by atoms with van der Waals surface area (Å²) in [6.45, 7) is 0. The normalized spacial score (nSPS) is 11.5. The molecule has 0 fully saturated rings. The Kier molecular flexibility index (Phi) is 3.68. The lowest BCUT2D eigenvalue weighted by molar-refractivity contribution is -0.151. The van der Waals surface area contributed by atoms with E-state index in [1.807, 2.05) is 48.5 Å². The van der Waals surface area contributed by atoms with E-state index < -0.39 is 7.94 Å². The van der Waals surface area contributed by atoms with E-state index in [2.05, 4.69) is 4.26 Å². The van der Waals surface area contributed by atoms with Crippen LogP contribution < -0.4 is 10.2 Å². The fourth-order valence-corrected chi connectivity index (χ4v) is 2.49. The summed E-state index contributed by atoms with van der Waals surface area (Å²) in [5.41, 5.74) is 1.93. The van der Waals surface area contributed by atoms with E-state index in [9.17, 15) is 4.89 Å². The monoisotopic (exact) mass is 249 g/mol. The van der Waals surface area contributed by atoms with Gasteiger partial charge in [-0.3, -0.25) is 0 Å². The van der Waals surface area contributed by atoms with E-state index in [0.717, 1.165) is 11.1 Å². The third-order valence-electron chi connectivity index (χ3n) is 2.26. The van der Waals surface area contributed by atoms with Crippen LogP contribution in [0.5, 0.6) is 0 Å². The Morgan fingerprint density at radius 3 is 2.25 bits per heavy atom. The van der Waals surface area contributed by atoms with Crippen LogP contribution in [0, 0.1) is 0 Å². The number of halogens is 1. The summed E-state index contributed by atoms with van der Waals surface area (Å²) in [7, 11) is -1.88. The summed E-state index contributed by atoms with van der Waals surface area (Å²) < 4.78 is 3.33. The number of hydrogen-bond acceptors (Lipinski definition) is 2. The second-order valence-corrected chi connectivity index (χ2v) is 4.86. The molecule has 2 aromatic rings. The fourth-order valence-electron chi connectivity index (χ4n) is 1.54. The number of hydrogen-bond donors (Lipinski definition) is 0. The lowest BCUT2D eigenvalue weighted by Crippen LogP contribution is -2.07. The minimum atomic E-state index is -1.88. The molecule has 1 unspecified atom stereocenters. The van der Waals surface area contributed by atoms with Gasteiger partial charge in [-0.15, -0.1) is 0 Å². The van der Waals surface area contributed by atoms with Gasteiger partial charge in [-0.05, 0) is 17.7 Å². The summed E-state index contributed by atoms with van der Waals surface area (Å²) >= 11 is 5.29. The summed E-state index contributed by atoms with van der Waals surface area (Å²) in [5, 5.41) is 0.665. The van der Waals surface area contributed by atoms with Gasteiger partial charge in [0.1, 0.15) is 0 Å². The first kappa shape index (κ1) is 11.3. The summed E-state index contributed by atoms with van der Waals surface area (Å²) in [5.74, 6) is 0. The van der Waals surface area contributed by atoms with Crippen LogP contribution in [-0.2, 0) is 0 Å². The molecular formula is C12H9ClNOP. The average Bonchev–Trinajstić information content (AvgIpc) is 2.39. The lowest BCUT2D eigenvalue weighted by atomic mass is 10.1. The fraction of sp³-hybridized carbons (Fsp3) is 0. The van der Waals surface area contributed by atoms with Gasteiger partial charge in [-0.25, -0.2) is 0 Å². The Labute approximate surface area is 100 Å². The van der Waals surface area contributed by atoms with E-state index in [1.165, 1.54) is 0 Å². The maximum absolute atomic E-state index is 11.7. The summed E-state index contributed by atoms with van der Waals surface area (Å²) in [6, 6.07) is 17.2. The zero-order chi connectivity index (χ0) is 11.4. The standard InChI is InChI=1S/C12H9ClNOP/c13-14-16(15)12-9-5-4-8-11(12)10-6-2-1-3-7-10/h1-9H. The first-order valence-corrected chi connectivity index (χ1v) is 6.31. The topological polar surface area (TPSA) is 35.4 Å². The van der Waals surface area contributed by atoms with Crippen molar-refractivity contribution in [1.82, 2.24) is 0 Å². The van der Waals surface area contributed by atoms with E-state index in [1.54, 1.807) is 6.07 Å². The first-order chi connectivity index (χ1) is 7.83. The molecule has 1 atom stereocenters. The predicted molar refractivity (Wildman–Crippen MR) is 66.7 cm³/mol. The van der Waals surface area contributed by atoms with Crippen molar-refractivity contribution >= 4 is 25.0 Å². The highest BCUT2D eigenvalue weighted by molar-refractivity contribution is 7.49. The molecule has 0 saturated heterocycles. The second-order valence-electron chi connectivity index (χ2n) is 3.23. The molecule has 0 aliphatic rings. The molecule has 0 bridgehead atoms. The largest absolute Gasteiger partial charge is 0.606 e. The molecule has 0 saturated carbocycles. The van der Waals surface area contributed by atoms with Crippen molar-refractivity contribution in [3.8, 4) is 11.1 Å². The number of rotatable bonds is 2. The van der Waals surface area contributed by atoms with Crippen LogP contribution in [0.25, 0.3) is 11.1 Å². The highest BCUT2D eigenvalue weighted by Gasteiger charge is 2.12. The molecule has 0 radical (unpaired) electrons. The van der Waals surface area contributed by atoms with Crippen LogP contribution in [0.1, 0.15) is 0 Å². The SMILES string of the molecule is [O-][P+](=NCl)c1ccccc1-c1ccccc1. The van der Waals surface area contributed by atoms with Gasteiger partial charge in [-0.1, -0.05) is 42.5 Å². The molecular weight excluding hydrogens is 241 g/mol. The number of nitrogens with zero attached hydrogens (tertiary/aromatic N) is 1. The Hall–Kier alpha value is -1.21. The van der Waals surface area contributed by atoms with Gasteiger partial charge in [0.2, 0.25) is 7.94 Å². The van der Waals surface area contributed by atoms with Crippen LogP contribution in [0.15, 0.2) is 58.9 Å². The van der Waals surface area contributed by atoms with Crippen molar-refractivity contribution in [3.05, 3.63) is 54.6 Å². The molecule has 80 valence electrons. The second kappa shape index (κ2) is 5.22. The van der Waals surface area contributed by atoms with Crippen LogP contribution in [0.2, 0.25) is 0 Å². The van der Waals surface area contributed by atoms with E-state index in [0.29, 0.717) is 5.30 Å². The van der Waals surface area contributed by atoms with Crippen molar-refractivity contribution < 1.29 is 4.89 Å². The zero-order valence-electron chi connectivity index (χ0n) is 8.38. The van der Waals surface area contributed by atoms with Gasteiger partial charge < -0.3 is 4.89 Å². The van der Waals surface area contributed by atoms with Gasteiger partial charge >= 0.3 is 0 Å². The van der Waals surface area contributed by atoms with Gasteiger partial charge in [0.15, 0.2) is 5.30 Å². The van der Waals surface area contributed by atoms with Crippen molar-refractivity contribution in [1.29, 1.82) is 0 Å². The molecule has 16 heavy (non-hydrogen) atoms. The van der Waals surface area contributed by atoms with Crippen molar-refractivity contribution in [2.75, 3.05) is 0 Å². The zero-order valence-corrected chi connectivity index (χ0v) is 10.0. The Morgan fingerprint density at radius 2 is 1.56 bits per heavy atom. The van der Waals surface area contributed by atoms with Gasteiger partial charge in [0, 0.05) is 9.83 Å². The smallest absolute Gasteiger partial charge is 0.226 e. The van der Waals surface area contributed by atoms with E-state index in [4.69, 9.17) is 11.8 Å². The molecule has 0 amide bonds. The van der Waals surface area contributed by atoms with Crippen LogP contribution in [0.4, 0.5) is 0 Å². The molecule has 0 aliphatic heterocycles. The Balaban J connectivity index is 2.58. The Bertz CT molecular complexity index is 513. The molecule has 2 aromatic carbocycles. The molecule has 2 rings (SSSR count). The third kappa shape index (κ3) is 2.30. The van der Waals surface area contributed by atoms with Crippen LogP contribution in [0.3, 0.4) is 0 Å². The average molecular weight is 250 g/mol. The minimum Gasteiger partial charge on any atom is -0.606 e. The van der Waals surface area contributed by atoms with Crippen LogP contribution in [-0.4, -0.2) is 0 Å². The first-order valence-electron chi connectivity index (χ1n) is 4.76. The van der Waals surface area contributed by atoms with E-state index >= 15 is 0 Å². The van der Waals surface area contributed by atoms with Crippen LogP contribution >= 0.6 is 19.7 Å². The Morgan fingerprint density at radius 1 is 0.938 bits per heavy atom.